The Morgan fingerprint density at radius 1 is 1.47 bits per heavy atom. The normalized spacial score (nSPS) is 26.1. The van der Waals surface area contributed by atoms with Gasteiger partial charge >= 0.3 is 0 Å². The van der Waals surface area contributed by atoms with Crippen LogP contribution in [0.4, 0.5) is 0 Å². The Balaban J connectivity index is 2.11. The van der Waals surface area contributed by atoms with Gasteiger partial charge in [0.1, 0.15) is 5.75 Å². The van der Waals surface area contributed by atoms with Gasteiger partial charge in [-0.15, -0.1) is 0 Å². The van der Waals surface area contributed by atoms with Crippen LogP contribution >= 0.6 is 11.6 Å². The second kappa shape index (κ2) is 5.25. The zero-order valence-corrected chi connectivity index (χ0v) is 10.9. The van der Waals surface area contributed by atoms with Crippen molar-refractivity contribution in [2.75, 3.05) is 13.2 Å². The Bertz CT molecular complexity index is 397. The van der Waals surface area contributed by atoms with Crippen LogP contribution in [0.15, 0.2) is 18.2 Å². The highest BCUT2D eigenvalue weighted by atomic mass is 35.5. The molecule has 1 heterocycles. The van der Waals surface area contributed by atoms with E-state index in [1.54, 1.807) is 6.07 Å². The van der Waals surface area contributed by atoms with Gasteiger partial charge in [-0.2, -0.15) is 0 Å². The smallest absolute Gasteiger partial charge is 0.138 e. The number of rotatable bonds is 2. The van der Waals surface area contributed by atoms with Gasteiger partial charge in [-0.1, -0.05) is 23.7 Å². The Morgan fingerprint density at radius 3 is 3.00 bits per heavy atom. The molecule has 0 aromatic heterocycles. The molecule has 2 atom stereocenters. The predicted octanol–water partition coefficient (Wildman–Crippen LogP) is 2.65. The van der Waals surface area contributed by atoms with E-state index >= 15 is 0 Å². The van der Waals surface area contributed by atoms with Crippen molar-refractivity contribution in [2.45, 2.75) is 32.5 Å². The molecule has 1 aromatic rings. The molecule has 1 fully saturated rings. The Kier molecular flexibility index (Phi) is 3.92. The highest BCUT2D eigenvalue weighted by Crippen LogP contribution is 2.28. The molecule has 0 bridgehead atoms. The molecule has 3 nitrogen and oxygen atoms in total. The summed E-state index contributed by atoms with van der Waals surface area (Å²) in [5.74, 6) is 0.195. The van der Waals surface area contributed by atoms with Gasteiger partial charge in [0.2, 0.25) is 0 Å². The molecule has 2 rings (SSSR count). The van der Waals surface area contributed by atoms with Gasteiger partial charge < -0.3 is 9.84 Å². The lowest BCUT2D eigenvalue weighted by atomic mass is 10.1. The van der Waals surface area contributed by atoms with Crippen LogP contribution in [0.3, 0.4) is 0 Å². The number of hydrogen-bond donors (Lipinski definition) is 1. The van der Waals surface area contributed by atoms with Crippen LogP contribution < -0.4 is 0 Å². The number of phenolic OH excluding ortho intramolecular Hbond substituents is 1. The van der Waals surface area contributed by atoms with Crippen molar-refractivity contribution in [3.05, 3.63) is 28.8 Å². The maximum absolute atomic E-state index is 9.89. The van der Waals surface area contributed by atoms with E-state index in [-0.39, 0.29) is 11.9 Å². The van der Waals surface area contributed by atoms with Crippen LogP contribution in [-0.2, 0) is 11.3 Å². The van der Waals surface area contributed by atoms with Gasteiger partial charge in [-0.25, -0.2) is 0 Å². The molecule has 2 unspecified atom stereocenters. The van der Waals surface area contributed by atoms with E-state index in [2.05, 4.69) is 18.7 Å². The van der Waals surface area contributed by atoms with Gasteiger partial charge in [-0.3, -0.25) is 4.90 Å². The predicted molar refractivity (Wildman–Crippen MR) is 68.4 cm³/mol. The fraction of sp³-hybridized carbons (Fsp3) is 0.538. The van der Waals surface area contributed by atoms with Crippen LogP contribution in [-0.4, -0.2) is 35.3 Å². The molecule has 1 aliphatic rings. The molecule has 1 aliphatic heterocycles. The van der Waals surface area contributed by atoms with Crippen LogP contribution in [0, 0.1) is 0 Å². The zero-order valence-electron chi connectivity index (χ0n) is 10.2. The van der Waals surface area contributed by atoms with Crippen molar-refractivity contribution in [1.82, 2.24) is 4.90 Å². The zero-order chi connectivity index (χ0) is 12.4. The molecule has 0 amide bonds. The van der Waals surface area contributed by atoms with E-state index in [4.69, 9.17) is 16.3 Å². The van der Waals surface area contributed by atoms with E-state index in [1.807, 2.05) is 12.1 Å². The summed E-state index contributed by atoms with van der Waals surface area (Å²) < 4.78 is 5.58. The van der Waals surface area contributed by atoms with Crippen molar-refractivity contribution >= 4 is 11.6 Å². The molecule has 0 radical (unpaired) electrons. The quantitative estimate of drug-likeness (QED) is 0.882. The van der Waals surface area contributed by atoms with Crippen molar-refractivity contribution in [2.24, 2.45) is 0 Å². The number of aromatic hydroxyl groups is 1. The number of hydrogen-bond acceptors (Lipinski definition) is 3. The van der Waals surface area contributed by atoms with Crippen molar-refractivity contribution in [3.63, 3.8) is 0 Å². The lowest BCUT2D eigenvalue weighted by molar-refractivity contribution is -0.0528. The summed E-state index contributed by atoms with van der Waals surface area (Å²) in [5.41, 5.74) is 0.874. The van der Waals surface area contributed by atoms with Gasteiger partial charge in [-0.05, 0) is 19.9 Å². The number of ether oxygens (including phenoxy) is 1. The summed E-state index contributed by atoms with van der Waals surface area (Å²) in [5, 5.41) is 10.3. The maximum atomic E-state index is 9.89. The average molecular weight is 256 g/mol. The first-order valence-electron chi connectivity index (χ1n) is 5.90. The first-order valence-corrected chi connectivity index (χ1v) is 6.27. The van der Waals surface area contributed by atoms with Gasteiger partial charge in [0.25, 0.3) is 0 Å². The summed E-state index contributed by atoms with van der Waals surface area (Å²) in [4.78, 5) is 2.31. The third-order valence-corrected chi connectivity index (χ3v) is 3.49. The number of nitrogens with zero attached hydrogens (tertiary/aromatic N) is 1. The van der Waals surface area contributed by atoms with Crippen molar-refractivity contribution in [3.8, 4) is 5.75 Å². The minimum Gasteiger partial charge on any atom is -0.506 e. The van der Waals surface area contributed by atoms with Gasteiger partial charge in [0.05, 0.1) is 17.7 Å². The van der Waals surface area contributed by atoms with Crippen molar-refractivity contribution in [1.29, 1.82) is 0 Å². The molecule has 0 saturated carbocycles. The number of morpholine rings is 1. The lowest BCUT2D eigenvalue weighted by Gasteiger charge is -2.36. The minimum atomic E-state index is 0.195. The van der Waals surface area contributed by atoms with E-state index in [0.717, 1.165) is 18.7 Å². The molecular formula is C13H18ClNO2. The molecule has 1 N–H and O–H groups in total. The monoisotopic (exact) mass is 255 g/mol. The van der Waals surface area contributed by atoms with Crippen LogP contribution in [0.2, 0.25) is 5.02 Å². The van der Waals surface area contributed by atoms with E-state index < -0.39 is 0 Å². The number of para-hydroxylation sites is 1. The molecule has 17 heavy (non-hydrogen) atoms. The number of benzene rings is 1. The van der Waals surface area contributed by atoms with Gasteiger partial charge in [0.15, 0.2) is 0 Å². The molecular weight excluding hydrogens is 238 g/mol. The minimum absolute atomic E-state index is 0.195. The Morgan fingerprint density at radius 2 is 2.24 bits per heavy atom. The molecule has 0 aliphatic carbocycles. The van der Waals surface area contributed by atoms with E-state index in [1.165, 1.54) is 0 Å². The Labute approximate surface area is 107 Å². The third kappa shape index (κ3) is 2.92. The van der Waals surface area contributed by atoms with E-state index in [9.17, 15) is 5.11 Å². The van der Waals surface area contributed by atoms with Gasteiger partial charge in [0, 0.05) is 24.7 Å². The summed E-state index contributed by atoms with van der Waals surface area (Å²) in [7, 11) is 0. The SMILES string of the molecule is CC1CN(Cc2cccc(Cl)c2O)C(C)CO1. The first-order chi connectivity index (χ1) is 8.08. The summed E-state index contributed by atoms with van der Waals surface area (Å²) >= 11 is 5.90. The Hall–Kier alpha value is -0.770. The fourth-order valence-electron chi connectivity index (χ4n) is 2.10. The highest BCUT2D eigenvalue weighted by Gasteiger charge is 2.24. The van der Waals surface area contributed by atoms with Crippen LogP contribution in [0.5, 0.6) is 5.75 Å². The number of halogens is 1. The van der Waals surface area contributed by atoms with Crippen LogP contribution in [0.25, 0.3) is 0 Å². The molecule has 1 saturated heterocycles. The third-order valence-electron chi connectivity index (χ3n) is 3.18. The first kappa shape index (κ1) is 12.7. The highest BCUT2D eigenvalue weighted by molar-refractivity contribution is 6.32. The van der Waals surface area contributed by atoms with E-state index in [0.29, 0.717) is 17.6 Å². The molecule has 1 aromatic carbocycles. The summed E-state index contributed by atoms with van der Waals surface area (Å²) in [6.45, 7) is 6.53. The molecule has 94 valence electrons. The topological polar surface area (TPSA) is 32.7 Å². The second-order valence-corrected chi connectivity index (χ2v) is 5.08. The summed E-state index contributed by atoms with van der Waals surface area (Å²) in [6.07, 6.45) is 0.243. The molecule has 0 spiro atoms. The maximum Gasteiger partial charge on any atom is 0.138 e. The second-order valence-electron chi connectivity index (χ2n) is 4.67. The lowest BCUT2D eigenvalue weighted by Crippen LogP contribution is -2.46. The van der Waals surface area contributed by atoms with Crippen LogP contribution in [0.1, 0.15) is 19.4 Å². The average Bonchev–Trinajstić information content (AvgIpc) is 2.30. The fourth-order valence-corrected chi connectivity index (χ4v) is 2.29. The summed E-state index contributed by atoms with van der Waals surface area (Å²) in [6, 6.07) is 5.84. The standard InChI is InChI=1S/C13H18ClNO2/c1-9-8-17-10(2)6-15(9)7-11-4-3-5-12(14)13(11)16/h3-5,9-10,16H,6-8H2,1-2H3. The molecule has 4 heteroatoms. The largest absolute Gasteiger partial charge is 0.506 e. The van der Waals surface area contributed by atoms with Crippen molar-refractivity contribution < 1.29 is 9.84 Å². The number of phenols is 1.